The smallest absolute Gasteiger partial charge is 0.233 e. The fourth-order valence-electron chi connectivity index (χ4n) is 3.99. The van der Waals surface area contributed by atoms with E-state index >= 15 is 0 Å². The number of aromatic nitrogens is 3. The Balaban J connectivity index is 1.82. The quantitative estimate of drug-likeness (QED) is 0.471. The summed E-state index contributed by atoms with van der Waals surface area (Å²) in [7, 11) is 4.71. The van der Waals surface area contributed by atoms with Crippen molar-refractivity contribution in [2.24, 2.45) is 0 Å². The summed E-state index contributed by atoms with van der Waals surface area (Å²) in [5, 5.41) is 12.4. The van der Waals surface area contributed by atoms with E-state index in [0.717, 1.165) is 36.3 Å². The molecule has 9 nitrogen and oxygen atoms in total. The molecule has 1 fully saturated rings. The summed E-state index contributed by atoms with van der Waals surface area (Å²) in [5.74, 6) is 2.92. The number of hydrogen-bond donors (Lipinski definition) is 1. The van der Waals surface area contributed by atoms with Gasteiger partial charge in [0.25, 0.3) is 0 Å². The first-order valence-electron chi connectivity index (χ1n) is 11.5. The lowest BCUT2D eigenvalue weighted by molar-refractivity contribution is -0.120. The lowest BCUT2D eigenvalue weighted by Gasteiger charge is -2.16. The average Bonchev–Trinajstić information content (AvgIpc) is 3.19. The molecule has 186 valence electrons. The third-order valence-corrected chi connectivity index (χ3v) is 6.90. The van der Waals surface area contributed by atoms with Gasteiger partial charge < -0.3 is 24.3 Å². The minimum atomic E-state index is -0.240. The van der Waals surface area contributed by atoms with Crippen molar-refractivity contribution in [3.63, 3.8) is 0 Å². The van der Waals surface area contributed by atoms with E-state index < -0.39 is 0 Å². The molecule has 2 heterocycles. The Morgan fingerprint density at radius 1 is 1.03 bits per heavy atom. The number of carbonyl (C=O) groups excluding carboxylic acids is 1. The van der Waals surface area contributed by atoms with Crippen LogP contribution in [0.15, 0.2) is 41.6 Å². The Morgan fingerprint density at radius 3 is 2.37 bits per heavy atom. The highest BCUT2D eigenvalue weighted by Gasteiger charge is 2.27. The first kappa shape index (κ1) is 24.7. The Bertz CT molecular complexity index is 1140. The topological polar surface area (TPSA) is 96.7 Å². The van der Waals surface area contributed by atoms with Crippen LogP contribution in [0.25, 0.3) is 17.1 Å². The van der Waals surface area contributed by atoms with Crippen molar-refractivity contribution in [2.45, 2.75) is 36.6 Å². The summed E-state index contributed by atoms with van der Waals surface area (Å²) < 4.78 is 24.1. The van der Waals surface area contributed by atoms with Crippen molar-refractivity contribution in [1.29, 1.82) is 0 Å². The maximum atomic E-state index is 12.6. The monoisotopic (exact) mass is 498 g/mol. The van der Waals surface area contributed by atoms with Gasteiger partial charge in [0.05, 0.1) is 33.2 Å². The molecule has 1 amide bonds. The van der Waals surface area contributed by atoms with Crippen LogP contribution in [0.1, 0.15) is 26.2 Å². The molecule has 0 radical (unpaired) electrons. The van der Waals surface area contributed by atoms with Gasteiger partial charge in [-0.1, -0.05) is 18.2 Å². The van der Waals surface area contributed by atoms with Crippen LogP contribution in [0, 0.1) is 0 Å². The van der Waals surface area contributed by atoms with E-state index in [-0.39, 0.29) is 11.2 Å². The number of hydrogen-bond acceptors (Lipinski definition) is 8. The normalized spacial score (nSPS) is 15.8. The number of ether oxygens (including phenoxy) is 4. The molecule has 1 saturated heterocycles. The van der Waals surface area contributed by atoms with Gasteiger partial charge in [0.15, 0.2) is 22.5 Å². The minimum absolute atomic E-state index is 0.0306. The number of amides is 1. The zero-order valence-electron chi connectivity index (χ0n) is 20.4. The number of thioether (sulfide) groups is 1. The predicted octanol–water partition coefficient (Wildman–Crippen LogP) is 4.12. The van der Waals surface area contributed by atoms with Crippen molar-refractivity contribution in [1.82, 2.24) is 20.1 Å². The number of nitrogens with zero attached hydrogens (tertiary/aromatic N) is 3. The van der Waals surface area contributed by atoms with Gasteiger partial charge in [-0.25, -0.2) is 0 Å². The SMILES string of the molecule is CCOc1ccc(-n2c(SC3CCCCNC3=O)nnc2-c2cc(OC)c(OC)c(OC)c2)cc1. The van der Waals surface area contributed by atoms with Gasteiger partial charge in [-0.05, 0) is 56.2 Å². The molecule has 1 aliphatic heterocycles. The second-order valence-electron chi connectivity index (χ2n) is 7.88. The largest absolute Gasteiger partial charge is 0.494 e. The molecule has 1 aliphatic rings. The van der Waals surface area contributed by atoms with E-state index in [1.54, 1.807) is 21.3 Å². The summed E-state index contributed by atoms with van der Waals surface area (Å²) in [6.07, 6.45) is 2.74. The number of rotatable bonds is 9. The van der Waals surface area contributed by atoms with Crippen LogP contribution < -0.4 is 24.3 Å². The van der Waals surface area contributed by atoms with Crippen molar-refractivity contribution in [3.05, 3.63) is 36.4 Å². The summed E-state index contributed by atoms with van der Waals surface area (Å²) in [6, 6.07) is 11.4. The molecule has 35 heavy (non-hydrogen) atoms. The van der Waals surface area contributed by atoms with Crippen LogP contribution in [0.2, 0.25) is 0 Å². The van der Waals surface area contributed by atoms with E-state index in [2.05, 4.69) is 15.5 Å². The van der Waals surface area contributed by atoms with Gasteiger partial charge in [0.2, 0.25) is 11.7 Å². The van der Waals surface area contributed by atoms with Crippen LogP contribution in [-0.4, -0.2) is 60.4 Å². The number of nitrogens with one attached hydrogen (secondary N) is 1. The molecule has 4 rings (SSSR count). The van der Waals surface area contributed by atoms with Gasteiger partial charge in [0, 0.05) is 17.8 Å². The van der Waals surface area contributed by atoms with Crippen molar-refractivity contribution >= 4 is 17.7 Å². The summed E-state index contributed by atoms with van der Waals surface area (Å²) in [4.78, 5) is 12.6. The summed E-state index contributed by atoms with van der Waals surface area (Å²) in [5.41, 5.74) is 1.58. The minimum Gasteiger partial charge on any atom is -0.494 e. The predicted molar refractivity (Wildman–Crippen MR) is 134 cm³/mol. The Hall–Kier alpha value is -3.40. The van der Waals surface area contributed by atoms with E-state index in [1.165, 1.54) is 11.8 Å². The average molecular weight is 499 g/mol. The van der Waals surface area contributed by atoms with Crippen LogP contribution in [0.4, 0.5) is 0 Å². The van der Waals surface area contributed by atoms with Crippen molar-refractivity contribution < 1.29 is 23.7 Å². The standard InChI is InChI=1S/C25H30N4O5S/c1-5-34-18-11-9-17(10-12-18)29-23(16-14-19(31-2)22(33-4)20(15-16)32-3)27-28-25(29)35-21-8-6-7-13-26-24(21)30/h9-12,14-15,21H,5-8,13H2,1-4H3,(H,26,30). The third-order valence-electron chi connectivity index (χ3n) is 5.69. The highest BCUT2D eigenvalue weighted by atomic mass is 32.2. The van der Waals surface area contributed by atoms with E-state index in [4.69, 9.17) is 18.9 Å². The Labute approximate surface area is 209 Å². The van der Waals surface area contributed by atoms with Crippen LogP contribution >= 0.6 is 11.8 Å². The molecule has 1 atom stereocenters. The van der Waals surface area contributed by atoms with Crippen LogP contribution in [0.5, 0.6) is 23.0 Å². The van der Waals surface area contributed by atoms with Gasteiger partial charge in [-0.2, -0.15) is 0 Å². The van der Waals surface area contributed by atoms with E-state index in [9.17, 15) is 4.79 Å². The third kappa shape index (κ3) is 5.32. The molecule has 1 aromatic heterocycles. The van der Waals surface area contributed by atoms with Gasteiger partial charge in [-0.3, -0.25) is 9.36 Å². The number of methoxy groups -OCH3 is 3. The van der Waals surface area contributed by atoms with Crippen LogP contribution in [-0.2, 0) is 4.79 Å². The van der Waals surface area contributed by atoms with Gasteiger partial charge in [0.1, 0.15) is 5.75 Å². The molecular formula is C25H30N4O5S. The summed E-state index contributed by atoms with van der Waals surface area (Å²) >= 11 is 1.42. The molecule has 0 aliphatic carbocycles. The molecule has 1 unspecified atom stereocenters. The molecule has 0 saturated carbocycles. The zero-order valence-corrected chi connectivity index (χ0v) is 21.2. The van der Waals surface area contributed by atoms with E-state index in [0.29, 0.717) is 41.4 Å². The number of carbonyl (C=O) groups is 1. The fraction of sp³-hybridized carbons (Fsp3) is 0.400. The molecule has 3 aromatic rings. The highest BCUT2D eigenvalue weighted by Crippen LogP contribution is 2.42. The lowest BCUT2D eigenvalue weighted by atomic mass is 10.1. The molecular weight excluding hydrogens is 468 g/mol. The van der Waals surface area contributed by atoms with Crippen molar-refractivity contribution in [3.8, 4) is 40.1 Å². The maximum absolute atomic E-state index is 12.6. The van der Waals surface area contributed by atoms with Crippen LogP contribution in [0.3, 0.4) is 0 Å². The molecule has 0 bridgehead atoms. The van der Waals surface area contributed by atoms with Gasteiger partial charge in [-0.15, -0.1) is 10.2 Å². The Kier molecular flexibility index (Phi) is 8.02. The second-order valence-corrected chi connectivity index (χ2v) is 9.05. The number of benzene rings is 2. The zero-order chi connectivity index (χ0) is 24.8. The second kappa shape index (κ2) is 11.4. The molecule has 0 spiro atoms. The Morgan fingerprint density at radius 2 is 1.74 bits per heavy atom. The highest BCUT2D eigenvalue weighted by molar-refractivity contribution is 8.00. The molecule has 1 N–H and O–H groups in total. The molecule has 10 heteroatoms. The summed E-state index contributed by atoms with van der Waals surface area (Å²) in [6.45, 7) is 3.24. The first-order chi connectivity index (χ1) is 17.1. The maximum Gasteiger partial charge on any atom is 0.233 e. The van der Waals surface area contributed by atoms with E-state index in [1.807, 2.05) is 47.9 Å². The fourth-order valence-corrected chi connectivity index (χ4v) is 5.10. The van der Waals surface area contributed by atoms with Crippen molar-refractivity contribution in [2.75, 3.05) is 34.5 Å². The molecule has 2 aromatic carbocycles. The first-order valence-corrected chi connectivity index (χ1v) is 12.4. The van der Waals surface area contributed by atoms with Gasteiger partial charge >= 0.3 is 0 Å². The lowest BCUT2D eigenvalue weighted by Crippen LogP contribution is -2.30.